The fraction of sp³-hybridized carbons (Fsp3) is 0.263. The molecule has 0 fully saturated rings. The normalized spacial score (nSPS) is 11.5. The highest BCUT2D eigenvalue weighted by molar-refractivity contribution is 6.34. The Morgan fingerprint density at radius 3 is 2.40 bits per heavy atom. The molecule has 0 heterocycles. The molecule has 0 aromatic heterocycles. The Balaban J connectivity index is 1.98. The first-order valence-electron chi connectivity index (χ1n) is 7.99. The standard InChI is InChI=1S/C19H22ClN3O2/c1-13(14-7-5-4-6-8-14)12-21-18(24)16-10-9-15(11-17(16)20)22-19(25)23(2)3/h4-11,13H,12H2,1-3H3,(H,21,24)(H,22,25)/t13-/m0/s1. The number of amides is 3. The van der Waals surface area contributed by atoms with Crippen LogP contribution in [0.2, 0.25) is 5.02 Å². The molecule has 1 atom stereocenters. The van der Waals surface area contributed by atoms with Gasteiger partial charge in [-0.25, -0.2) is 4.79 Å². The monoisotopic (exact) mass is 359 g/mol. The van der Waals surface area contributed by atoms with Crippen LogP contribution in [0.4, 0.5) is 10.5 Å². The summed E-state index contributed by atoms with van der Waals surface area (Å²) in [6.07, 6.45) is 0. The number of carbonyl (C=O) groups is 2. The molecule has 0 unspecified atom stereocenters. The number of halogens is 1. The van der Waals surface area contributed by atoms with Crippen molar-refractivity contribution in [1.82, 2.24) is 10.2 Å². The van der Waals surface area contributed by atoms with E-state index in [1.807, 2.05) is 30.3 Å². The summed E-state index contributed by atoms with van der Waals surface area (Å²) in [6.45, 7) is 2.56. The lowest BCUT2D eigenvalue weighted by atomic mass is 10.0. The SMILES string of the molecule is C[C@@H](CNC(=O)c1ccc(NC(=O)N(C)C)cc1Cl)c1ccccc1. The van der Waals surface area contributed by atoms with E-state index in [1.54, 1.807) is 32.3 Å². The van der Waals surface area contributed by atoms with Crippen molar-refractivity contribution in [2.75, 3.05) is 26.0 Å². The van der Waals surface area contributed by atoms with Gasteiger partial charge in [0.25, 0.3) is 5.91 Å². The lowest BCUT2D eigenvalue weighted by molar-refractivity contribution is 0.0952. The van der Waals surface area contributed by atoms with Crippen molar-refractivity contribution in [1.29, 1.82) is 0 Å². The third kappa shape index (κ3) is 5.22. The second kappa shape index (κ2) is 8.53. The Hall–Kier alpha value is -2.53. The van der Waals surface area contributed by atoms with E-state index < -0.39 is 0 Å². The van der Waals surface area contributed by atoms with E-state index in [9.17, 15) is 9.59 Å². The van der Waals surface area contributed by atoms with Crippen LogP contribution in [0.15, 0.2) is 48.5 Å². The topological polar surface area (TPSA) is 61.4 Å². The van der Waals surface area contributed by atoms with E-state index in [0.29, 0.717) is 22.8 Å². The number of anilines is 1. The van der Waals surface area contributed by atoms with Gasteiger partial charge in [0.1, 0.15) is 0 Å². The number of urea groups is 1. The molecule has 0 bridgehead atoms. The van der Waals surface area contributed by atoms with Gasteiger partial charge in [-0.3, -0.25) is 4.79 Å². The summed E-state index contributed by atoms with van der Waals surface area (Å²) < 4.78 is 0. The molecule has 2 aromatic carbocycles. The van der Waals surface area contributed by atoms with Crippen LogP contribution in [0.1, 0.15) is 28.8 Å². The Labute approximate surface area is 153 Å². The van der Waals surface area contributed by atoms with Crippen LogP contribution >= 0.6 is 11.6 Å². The first-order valence-corrected chi connectivity index (χ1v) is 8.37. The molecule has 132 valence electrons. The van der Waals surface area contributed by atoms with Crippen molar-refractivity contribution in [2.45, 2.75) is 12.8 Å². The average Bonchev–Trinajstić information content (AvgIpc) is 2.60. The lowest BCUT2D eigenvalue weighted by Gasteiger charge is -2.15. The molecule has 6 heteroatoms. The van der Waals surface area contributed by atoms with Crippen LogP contribution in [0.25, 0.3) is 0 Å². The summed E-state index contributed by atoms with van der Waals surface area (Å²) in [5.41, 5.74) is 2.08. The maximum Gasteiger partial charge on any atom is 0.321 e. The Morgan fingerprint density at radius 1 is 1.12 bits per heavy atom. The number of hydrogen-bond donors (Lipinski definition) is 2. The van der Waals surface area contributed by atoms with Gasteiger partial charge in [-0.15, -0.1) is 0 Å². The van der Waals surface area contributed by atoms with E-state index in [-0.39, 0.29) is 17.9 Å². The molecular formula is C19H22ClN3O2. The zero-order valence-electron chi connectivity index (χ0n) is 14.5. The van der Waals surface area contributed by atoms with Crippen LogP contribution in [0, 0.1) is 0 Å². The third-order valence-electron chi connectivity index (χ3n) is 3.81. The number of hydrogen-bond acceptors (Lipinski definition) is 2. The molecule has 2 aromatic rings. The van der Waals surface area contributed by atoms with Crippen LogP contribution in [-0.2, 0) is 0 Å². The molecule has 0 aliphatic carbocycles. The number of nitrogens with zero attached hydrogens (tertiary/aromatic N) is 1. The van der Waals surface area contributed by atoms with Crippen LogP contribution in [0.3, 0.4) is 0 Å². The summed E-state index contributed by atoms with van der Waals surface area (Å²) in [4.78, 5) is 25.4. The predicted molar refractivity (Wildman–Crippen MR) is 101 cm³/mol. The number of nitrogens with one attached hydrogen (secondary N) is 2. The molecular weight excluding hydrogens is 338 g/mol. The smallest absolute Gasteiger partial charge is 0.321 e. The number of carbonyl (C=O) groups excluding carboxylic acids is 2. The second-order valence-corrected chi connectivity index (χ2v) is 6.45. The maximum atomic E-state index is 12.4. The highest BCUT2D eigenvalue weighted by atomic mass is 35.5. The quantitative estimate of drug-likeness (QED) is 0.848. The van der Waals surface area contributed by atoms with Gasteiger partial charge >= 0.3 is 6.03 Å². The molecule has 5 nitrogen and oxygen atoms in total. The van der Waals surface area contributed by atoms with Crippen molar-refractivity contribution < 1.29 is 9.59 Å². The van der Waals surface area contributed by atoms with E-state index in [2.05, 4.69) is 17.6 Å². The Morgan fingerprint density at radius 2 is 1.80 bits per heavy atom. The van der Waals surface area contributed by atoms with Gasteiger partial charge in [-0.1, -0.05) is 48.9 Å². The minimum atomic E-state index is -0.259. The number of benzene rings is 2. The molecule has 25 heavy (non-hydrogen) atoms. The van der Waals surface area contributed by atoms with Crippen molar-refractivity contribution in [3.63, 3.8) is 0 Å². The predicted octanol–water partition coefficient (Wildman–Crippen LogP) is 3.97. The van der Waals surface area contributed by atoms with Crippen molar-refractivity contribution >= 4 is 29.2 Å². The number of rotatable bonds is 5. The molecule has 3 amide bonds. The van der Waals surface area contributed by atoms with Gasteiger partial charge in [0.05, 0.1) is 10.6 Å². The third-order valence-corrected chi connectivity index (χ3v) is 4.12. The van der Waals surface area contributed by atoms with Crippen molar-refractivity contribution in [2.24, 2.45) is 0 Å². The van der Waals surface area contributed by atoms with Gasteiger partial charge in [0.2, 0.25) is 0 Å². The fourth-order valence-corrected chi connectivity index (χ4v) is 2.52. The summed E-state index contributed by atoms with van der Waals surface area (Å²) in [5, 5.41) is 5.88. The molecule has 0 saturated heterocycles. The fourth-order valence-electron chi connectivity index (χ4n) is 2.25. The van der Waals surface area contributed by atoms with Crippen LogP contribution < -0.4 is 10.6 Å². The maximum absolute atomic E-state index is 12.4. The summed E-state index contributed by atoms with van der Waals surface area (Å²) in [7, 11) is 3.29. The van der Waals surface area contributed by atoms with E-state index >= 15 is 0 Å². The second-order valence-electron chi connectivity index (χ2n) is 6.04. The molecule has 2 N–H and O–H groups in total. The minimum absolute atomic E-state index is 0.197. The molecule has 0 spiro atoms. The summed E-state index contributed by atoms with van der Waals surface area (Å²) in [5.74, 6) is -0.0409. The lowest BCUT2D eigenvalue weighted by Crippen LogP contribution is -2.28. The summed E-state index contributed by atoms with van der Waals surface area (Å²) in [6, 6.07) is 14.6. The minimum Gasteiger partial charge on any atom is -0.351 e. The van der Waals surface area contributed by atoms with Gasteiger partial charge in [-0.05, 0) is 29.7 Å². The molecule has 0 saturated carbocycles. The highest BCUT2D eigenvalue weighted by Crippen LogP contribution is 2.21. The molecule has 0 aliphatic rings. The van der Waals surface area contributed by atoms with Crippen LogP contribution in [0.5, 0.6) is 0 Å². The first kappa shape index (κ1) is 18.8. The van der Waals surface area contributed by atoms with E-state index in [1.165, 1.54) is 4.90 Å². The van der Waals surface area contributed by atoms with Crippen molar-refractivity contribution in [3.05, 3.63) is 64.7 Å². The van der Waals surface area contributed by atoms with Gasteiger partial charge in [0, 0.05) is 26.3 Å². The molecule has 2 rings (SSSR count). The first-order chi connectivity index (χ1) is 11.9. The largest absolute Gasteiger partial charge is 0.351 e. The highest BCUT2D eigenvalue weighted by Gasteiger charge is 2.14. The van der Waals surface area contributed by atoms with Crippen molar-refractivity contribution in [3.8, 4) is 0 Å². The van der Waals surface area contributed by atoms with E-state index in [4.69, 9.17) is 11.6 Å². The van der Waals surface area contributed by atoms with Gasteiger partial charge < -0.3 is 15.5 Å². The molecule has 0 aliphatic heterocycles. The zero-order valence-corrected chi connectivity index (χ0v) is 15.3. The van der Waals surface area contributed by atoms with Crippen LogP contribution in [-0.4, -0.2) is 37.5 Å². The Kier molecular flexibility index (Phi) is 6.42. The van der Waals surface area contributed by atoms with E-state index in [0.717, 1.165) is 5.56 Å². The Bertz CT molecular complexity index is 748. The summed E-state index contributed by atoms with van der Waals surface area (Å²) >= 11 is 6.19. The average molecular weight is 360 g/mol. The zero-order chi connectivity index (χ0) is 18.4. The van der Waals surface area contributed by atoms with Gasteiger partial charge in [0.15, 0.2) is 0 Å². The van der Waals surface area contributed by atoms with Gasteiger partial charge in [-0.2, -0.15) is 0 Å². The molecule has 0 radical (unpaired) electrons.